The van der Waals surface area contributed by atoms with Crippen molar-refractivity contribution in [3.8, 4) is 17.2 Å². The quantitative estimate of drug-likeness (QED) is 0.618. The summed E-state index contributed by atoms with van der Waals surface area (Å²) in [6, 6.07) is 2.65. The number of rotatable bonds is 2. The first-order valence-electron chi connectivity index (χ1n) is 4.52. The van der Waals surface area contributed by atoms with Crippen LogP contribution in [0.25, 0.3) is 0 Å². The Kier molecular flexibility index (Phi) is 2.78. The standard InChI is InChI=1S/C8H5BF4O5/c10-7(11)8(12,13)17-6-3-4(18-9(14)15)1-2-5(6)16-7/h1-3,14-15H. The Hall–Kier alpha value is -1.68. The fourth-order valence-electron chi connectivity index (χ4n) is 1.24. The van der Waals surface area contributed by atoms with Gasteiger partial charge in [-0.2, -0.15) is 17.6 Å². The molecule has 0 atom stereocenters. The molecule has 1 aliphatic rings. The van der Waals surface area contributed by atoms with E-state index in [2.05, 4.69) is 14.1 Å². The summed E-state index contributed by atoms with van der Waals surface area (Å²) in [6.07, 6.45) is -9.63. The van der Waals surface area contributed by atoms with Gasteiger partial charge in [0.2, 0.25) is 0 Å². The summed E-state index contributed by atoms with van der Waals surface area (Å²) >= 11 is 0. The van der Waals surface area contributed by atoms with Gasteiger partial charge in [-0.05, 0) is 12.1 Å². The minimum atomic E-state index is -4.84. The first-order valence-corrected chi connectivity index (χ1v) is 4.52. The zero-order chi connectivity index (χ0) is 13.6. The number of hydrogen-bond acceptors (Lipinski definition) is 5. The summed E-state index contributed by atoms with van der Waals surface area (Å²) in [6.45, 7) is 0. The van der Waals surface area contributed by atoms with Crippen molar-refractivity contribution >= 4 is 7.32 Å². The van der Waals surface area contributed by atoms with Crippen LogP contribution in [0.1, 0.15) is 0 Å². The van der Waals surface area contributed by atoms with Gasteiger partial charge in [-0.15, -0.1) is 0 Å². The van der Waals surface area contributed by atoms with Crippen LogP contribution in [0.2, 0.25) is 0 Å². The predicted octanol–water partition coefficient (Wildman–Crippen LogP) is 0.992. The lowest BCUT2D eigenvalue weighted by Gasteiger charge is -2.31. The molecular weight excluding hydrogens is 263 g/mol. The van der Waals surface area contributed by atoms with Crippen LogP contribution in [0.15, 0.2) is 18.2 Å². The maximum absolute atomic E-state index is 12.8. The molecule has 2 N–H and O–H groups in total. The van der Waals surface area contributed by atoms with Crippen molar-refractivity contribution in [2.24, 2.45) is 0 Å². The Morgan fingerprint density at radius 2 is 1.56 bits per heavy atom. The van der Waals surface area contributed by atoms with E-state index in [0.29, 0.717) is 0 Å². The molecule has 18 heavy (non-hydrogen) atoms. The number of fused-ring (bicyclic) bond motifs is 1. The van der Waals surface area contributed by atoms with Crippen LogP contribution < -0.4 is 14.1 Å². The summed E-state index contributed by atoms with van der Waals surface area (Å²) in [5, 5.41) is 17.0. The number of halogens is 4. The molecule has 1 aromatic carbocycles. The lowest BCUT2D eigenvalue weighted by molar-refractivity contribution is -0.391. The Balaban J connectivity index is 2.33. The lowest BCUT2D eigenvalue weighted by Crippen LogP contribution is -2.52. The van der Waals surface area contributed by atoms with Gasteiger partial charge in [0.1, 0.15) is 5.75 Å². The van der Waals surface area contributed by atoms with Crippen molar-refractivity contribution in [2.75, 3.05) is 0 Å². The molecule has 0 saturated heterocycles. The smallest absolute Gasteiger partial charge is 0.512 e. The van der Waals surface area contributed by atoms with E-state index in [-0.39, 0.29) is 5.75 Å². The van der Waals surface area contributed by atoms with Crippen molar-refractivity contribution in [1.82, 2.24) is 0 Å². The molecule has 0 bridgehead atoms. The van der Waals surface area contributed by atoms with Crippen molar-refractivity contribution < 1.29 is 41.7 Å². The SMILES string of the molecule is OB(O)Oc1ccc2c(c1)OC(F)(F)C(F)(F)O2. The molecule has 1 heterocycles. The van der Waals surface area contributed by atoms with Crippen molar-refractivity contribution in [3.63, 3.8) is 0 Å². The first kappa shape index (κ1) is 12.8. The van der Waals surface area contributed by atoms with Crippen LogP contribution in [0, 0.1) is 0 Å². The van der Waals surface area contributed by atoms with E-state index in [4.69, 9.17) is 10.0 Å². The van der Waals surface area contributed by atoms with E-state index in [9.17, 15) is 17.6 Å². The Morgan fingerprint density at radius 1 is 1.00 bits per heavy atom. The monoisotopic (exact) mass is 268 g/mol. The van der Waals surface area contributed by atoms with Crippen LogP contribution in [0.3, 0.4) is 0 Å². The van der Waals surface area contributed by atoms with E-state index in [1.54, 1.807) is 0 Å². The maximum Gasteiger partial charge on any atom is 0.707 e. The maximum atomic E-state index is 12.8. The minimum Gasteiger partial charge on any atom is -0.512 e. The van der Waals surface area contributed by atoms with E-state index in [1.807, 2.05) is 0 Å². The van der Waals surface area contributed by atoms with Gasteiger partial charge in [0.15, 0.2) is 11.5 Å². The molecular formula is C8H5BF4O5. The molecule has 0 aliphatic carbocycles. The lowest BCUT2D eigenvalue weighted by atomic mass is 10.2. The predicted molar refractivity (Wildman–Crippen MR) is 48.4 cm³/mol. The summed E-state index contributed by atoms with van der Waals surface area (Å²) < 4.78 is 63.1. The fraction of sp³-hybridized carbons (Fsp3) is 0.250. The third-order valence-corrected chi connectivity index (χ3v) is 1.97. The Bertz CT molecular complexity index is 467. The summed E-state index contributed by atoms with van der Waals surface area (Å²) in [5.74, 6) is -1.59. The second-order valence-corrected chi connectivity index (χ2v) is 3.29. The highest BCUT2D eigenvalue weighted by atomic mass is 19.3. The van der Waals surface area contributed by atoms with E-state index < -0.39 is 31.0 Å². The van der Waals surface area contributed by atoms with Crippen LogP contribution >= 0.6 is 0 Å². The zero-order valence-corrected chi connectivity index (χ0v) is 8.44. The molecule has 0 fully saturated rings. The average Bonchev–Trinajstić information content (AvgIpc) is 2.18. The van der Waals surface area contributed by atoms with Gasteiger partial charge in [0.05, 0.1) is 0 Å². The van der Waals surface area contributed by atoms with Gasteiger partial charge in [-0.1, -0.05) is 0 Å². The van der Waals surface area contributed by atoms with Gasteiger partial charge in [-0.25, -0.2) is 0 Å². The number of ether oxygens (including phenoxy) is 2. The molecule has 98 valence electrons. The van der Waals surface area contributed by atoms with E-state index >= 15 is 0 Å². The zero-order valence-electron chi connectivity index (χ0n) is 8.44. The molecule has 5 nitrogen and oxygen atoms in total. The topological polar surface area (TPSA) is 68.2 Å². The van der Waals surface area contributed by atoms with E-state index in [0.717, 1.165) is 18.2 Å². The molecule has 1 aromatic rings. The highest BCUT2D eigenvalue weighted by Crippen LogP contribution is 2.47. The van der Waals surface area contributed by atoms with Crippen LogP contribution in [-0.4, -0.2) is 29.6 Å². The molecule has 0 unspecified atom stereocenters. The molecule has 0 aromatic heterocycles. The van der Waals surface area contributed by atoms with Crippen molar-refractivity contribution in [3.05, 3.63) is 18.2 Å². The molecule has 0 radical (unpaired) electrons. The van der Waals surface area contributed by atoms with Crippen LogP contribution in [0.5, 0.6) is 17.2 Å². The molecule has 0 spiro atoms. The minimum absolute atomic E-state index is 0.270. The summed E-state index contributed by atoms with van der Waals surface area (Å²) in [5.41, 5.74) is 0. The van der Waals surface area contributed by atoms with Crippen molar-refractivity contribution in [2.45, 2.75) is 12.2 Å². The number of hydrogen-bond donors (Lipinski definition) is 2. The van der Waals surface area contributed by atoms with Gasteiger partial charge < -0.3 is 24.2 Å². The number of alkyl halides is 4. The average molecular weight is 268 g/mol. The summed E-state index contributed by atoms with van der Waals surface area (Å²) in [7, 11) is -2.19. The molecule has 0 saturated carbocycles. The third kappa shape index (κ3) is 2.16. The highest BCUT2D eigenvalue weighted by molar-refractivity contribution is 6.33. The van der Waals surface area contributed by atoms with Crippen LogP contribution in [-0.2, 0) is 0 Å². The molecule has 2 rings (SSSR count). The van der Waals surface area contributed by atoms with Crippen LogP contribution in [0.4, 0.5) is 17.6 Å². The first-order chi connectivity index (χ1) is 8.21. The van der Waals surface area contributed by atoms with Gasteiger partial charge in [0.25, 0.3) is 0 Å². The second kappa shape index (κ2) is 3.92. The highest BCUT2D eigenvalue weighted by Gasteiger charge is 2.65. The molecule has 1 aliphatic heterocycles. The largest absolute Gasteiger partial charge is 0.707 e. The summed E-state index contributed by atoms with van der Waals surface area (Å²) in [4.78, 5) is 0. The van der Waals surface area contributed by atoms with Crippen molar-refractivity contribution in [1.29, 1.82) is 0 Å². The number of benzene rings is 1. The molecule has 10 heteroatoms. The van der Waals surface area contributed by atoms with E-state index in [1.165, 1.54) is 0 Å². The van der Waals surface area contributed by atoms with Gasteiger partial charge in [0, 0.05) is 6.07 Å². The normalized spacial score (nSPS) is 19.2. The fourth-order valence-corrected chi connectivity index (χ4v) is 1.24. The Morgan fingerprint density at radius 3 is 2.11 bits per heavy atom. The molecule has 0 amide bonds. The van der Waals surface area contributed by atoms with Gasteiger partial charge >= 0.3 is 19.5 Å². The second-order valence-electron chi connectivity index (χ2n) is 3.29. The third-order valence-electron chi connectivity index (χ3n) is 1.97. The Labute approximate surface area is 97.7 Å². The van der Waals surface area contributed by atoms with Gasteiger partial charge in [-0.3, -0.25) is 0 Å².